The molecule has 0 aliphatic carbocycles. The van der Waals surface area contributed by atoms with Crippen molar-refractivity contribution in [2.75, 3.05) is 0 Å². The van der Waals surface area contributed by atoms with Gasteiger partial charge in [-0.25, -0.2) is 4.79 Å². The number of aliphatic carboxylic acids is 3. The van der Waals surface area contributed by atoms with Gasteiger partial charge in [0.2, 0.25) is 0 Å². The molecule has 0 aliphatic rings. The number of carboxylic acid groups (broad SMARTS) is 3. The summed E-state index contributed by atoms with van der Waals surface area (Å²) in [6.07, 6.45) is -3.13. The van der Waals surface area contributed by atoms with Gasteiger partial charge < -0.3 is 20.4 Å². The summed E-state index contributed by atoms with van der Waals surface area (Å²) in [6.45, 7) is 0. The van der Waals surface area contributed by atoms with Crippen molar-refractivity contribution >= 4 is 107 Å². The van der Waals surface area contributed by atoms with Crippen LogP contribution in [-0.4, -0.2) is 133 Å². The number of hydrogen-bond acceptors (Lipinski definition) is 4. The van der Waals surface area contributed by atoms with Gasteiger partial charge in [0.1, 0.15) is 5.92 Å². The average Bonchev–Trinajstić information content (AvgIpc) is 1.97. The molecular weight excluding hydrogens is 253 g/mol. The maximum absolute atomic E-state index is 10.3. The Balaban J connectivity index is -0.000000240. The summed E-state index contributed by atoms with van der Waals surface area (Å²) in [7, 11) is 0. The number of carbonyl (C=O) groups is 3. The summed E-state index contributed by atoms with van der Waals surface area (Å²) in [5, 5.41) is 33.5. The monoisotopic (exact) mass is 264 g/mol. The molecule has 16 heavy (non-hydrogen) atoms. The summed E-state index contributed by atoms with van der Waals surface area (Å²) in [4.78, 5) is 30.5. The van der Waals surface area contributed by atoms with Crippen molar-refractivity contribution in [2.45, 2.75) is 12.5 Å². The van der Waals surface area contributed by atoms with Crippen LogP contribution in [0.4, 0.5) is 0 Å². The molecule has 0 aromatic heterocycles. The Hall–Kier alpha value is 1.37. The molecule has 0 rings (SSSR count). The second-order valence-corrected chi connectivity index (χ2v) is 2.33. The molecule has 0 aliphatic heterocycles. The van der Waals surface area contributed by atoms with Gasteiger partial charge in [0.25, 0.3) is 0 Å². The Labute approximate surface area is 157 Å². The van der Waals surface area contributed by atoms with Gasteiger partial charge in [0, 0.05) is 0 Å². The number of aliphatic hydroxyl groups excluding tert-OH is 1. The molecule has 0 aromatic rings. The topological polar surface area (TPSA) is 132 Å². The van der Waals surface area contributed by atoms with Crippen molar-refractivity contribution < 1.29 is 34.8 Å². The van der Waals surface area contributed by atoms with Gasteiger partial charge in [-0.2, -0.15) is 0 Å². The first kappa shape index (κ1) is 26.0. The first-order valence-corrected chi connectivity index (χ1v) is 3.21. The third-order valence-electron chi connectivity index (χ3n) is 1.35. The number of hydrogen-bond donors (Lipinski definition) is 4. The Bertz CT molecular complexity index is 244. The van der Waals surface area contributed by atoms with Gasteiger partial charge >= 0.3 is 107 Å². The predicted molar refractivity (Wildman–Crippen MR) is 58.5 cm³/mol. The van der Waals surface area contributed by atoms with E-state index in [1.165, 1.54) is 0 Å². The van der Waals surface area contributed by atoms with E-state index in [-0.39, 0.29) is 88.7 Å². The third kappa shape index (κ3) is 10.5. The quantitative estimate of drug-likeness (QED) is 0.381. The zero-order valence-electron chi connectivity index (χ0n) is 6.38. The molecule has 0 bridgehead atoms. The average molecular weight is 264 g/mol. The third-order valence-corrected chi connectivity index (χ3v) is 1.35. The zero-order valence-corrected chi connectivity index (χ0v) is 6.38. The van der Waals surface area contributed by atoms with Crippen LogP contribution in [0, 0.1) is 5.92 Å². The fraction of sp³-hybridized carbons (Fsp3) is 0.500. The van der Waals surface area contributed by atoms with Gasteiger partial charge in [-0.1, -0.05) is 0 Å². The zero-order chi connectivity index (χ0) is 10.6. The van der Waals surface area contributed by atoms with Crippen molar-refractivity contribution in [2.24, 2.45) is 5.92 Å². The summed E-state index contributed by atoms with van der Waals surface area (Å²) in [5.41, 5.74) is 0. The molecule has 7 nitrogen and oxygen atoms in total. The summed E-state index contributed by atoms with van der Waals surface area (Å²) in [5.74, 6) is -6.71. The Morgan fingerprint density at radius 2 is 1.25 bits per heavy atom. The van der Waals surface area contributed by atoms with E-state index >= 15 is 0 Å². The van der Waals surface area contributed by atoms with E-state index in [4.69, 9.17) is 20.4 Å². The van der Waals surface area contributed by atoms with E-state index in [9.17, 15) is 14.4 Å². The van der Waals surface area contributed by atoms with Crippen LogP contribution >= 0.6 is 0 Å². The van der Waals surface area contributed by atoms with Gasteiger partial charge in [0.15, 0.2) is 6.10 Å². The molecule has 80 valence electrons. The molecule has 0 aromatic carbocycles. The first-order chi connectivity index (χ1) is 5.86. The van der Waals surface area contributed by atoms with E-state index < -0.39 is 36.4 Å². The van der Waals surface area contributed by atoms with E-state index in [1.807, 2.05) is 0 Å². The number of aliphatic hydroxyl groups is 1. The van der Waals surface area contributed by atoms with E-state index in [2.05, 4.69) is 0 Å². The molecule has 0 heterocycles. The van der Waals surface area contributed by atoms with Gasteiger partial charge in [-0.3, -0.25) is 9.59 Å². The fourth-order valence-electron chi connectivity index (χ4n) is 0.694. The van der Waals surface area contributed by atoms with Crippen LogP contribution in [0.2, 0.25) is 0 Å². The van der Waals surface area contributed by atoms with Crippen LogP contribution in [-0.2, 0) is 14.4 Å². The van der Waals surface area contributed by atoms with Crippen molar-refractivity contribution in [3.8, 4) is 0 Å². The molecule has 0 spiro atoms. The molecule has 0 saturated carbocycles. The second-order valence-electron chi connectivity index (χ2n) is 2.33. The SMILES string of the molecule is O=C(O)CC(C(=O)O)C(O)C(=O)O.[NaH].[NaH].[NaH]. The predicted octanol–water partition coefficient (Wildman–Crippen LogP) is -3.34. The standard InChI is InChI=1S/C6H8O7.3Na.3H/c7-3(8)1-2(5(10)11)4(9)6(12)13;;;;;;/h2,4,9H,1H2,(H,7,8)(H,10,11)(H,12,13);;;;;;. The molecule has 10 heteroatoms. The number of rotatable bonds is 5. The molecule has 0 radical (unpaired) electrons. The molecule has 2 atom stereocenters. The second kappa shape index (κ2) is 12.8. The summed E-state index contributed by atoms with van der Waals surface area (Å²) in [6, 6.07) is 0. The van der Waals surface area contributed by atoms with Crippen LogP contribution in [0.15, 0.2) is 0 Å². The number of carboxylic acids is 3. The van der Waals surface area contributed by atoms with E-state index in [0.717, 1.165) is 0 Å². The van der Waals surface area contributed by atoms with Crippen molar-refractivity contribution in [3.63, 3.8) is 0 Å². The van der Waals surface area contributed by atoms with Crippen LogP contribution in [0.25, 0.3) is 0 Å². The Kier molecular flexibility index (Phi) is 20.9. The van der Waals surface area contributed by atoms with E-state index in [0.29, 0.717) is 0 Å². The maximum atomic E-state index is 10.3. The van der Waals surface area contributed by atoms with Crippen molar-refractivity contribution in [1.82, 2.24) is 0 Å². The molecule has 0 saturated heterocycles. The molecule has 2 unspecified atom stereocenters. The van der Waals surface area contributed by atoms with Crippen LogP contribution in [0.5, 0.6) is 0 Å². The van der Waals surface area contributed by atoms with Gasteiger partial charge in [0.05, 0.1) is 6.42 Å². The Morgan fingerprint density at radius 1 is 0.875 bits per heavy atom. The van der Waals surface area contributed by atoms with E-state index in [1.54, 1.807) is 0 Å². The van der Waals surface area contributed by atoms with Crippen LogP contribution in [0.3, 0.4) is 0 Å². The summed E-state index contributed by atoms with van der Waals surface area (Å²) >= 11 is 0. The van der Waals surface area contributed by atoms with Crippen LogP contribution in [0.1, 0.15) is 6.42 Å². The Morgan fingerprint density at radius 3 is 1.44 bits per heavy atom. The molecule has 0 fully saturated rings. The van der Waals surface area contributed by atoms with Crippen molar-refractivity contribution in [3.05, 3.63) is 0 Å². The van der Waals surface area contributed by atoms with Gasteiger partial charge in [-0.15, -0.1) is 0 Å². The fourth-order valence-corrected chi connectivity index (χ4v) is 0.694. The normalized spacial score (nSPS) is 11.8. The molecular formula is C6H11Na3O7. The minimum absolute atomic E-state index is 0. The van der Waals surface area contributed by atoms with Gasteiger partial charge in [-0.05, 0) is 0 Å². The van der Waals surface area contributed by atoms with Crippen LogP contribution < -0.4 is 0 Å². The minimum atomic E-state index is -2.20. The van der Waals surface area contributed by atoms with Crippen molar-refractivity contribution in [1.29, 1.82) is 0 Å². The first-order valence-electron chi connectivity index (χ1n) is 3.21. The molecule has 0 amide bonds. The molecule has 4 N–H and O–H groups in total. The summed E-state index contributed by atoms with van der Waals surface area (Å²) < 4.78 is 0.